The maximum Gasteiger partial charge on any atom is 0.253 e. The van der Waals surface area contributed by atoms with Crippen molar-refractivity contribution in [1.82, 2.24) is 20.1 Å². The molecule has 1 atom stereocenters. The Hall–Kier alpha value is -3.43. The van der Waals surface area contributed by atoms with Gasteiger partial charge in [0.1, 0.15) is 12.7 Å². The Morgan fingerprint density at radius 1 is 1.19 bits per heavy atom. The van der Waals surface area contributed by atoms with Crippen molar-refractivity contribution in [2.45, 2.75) is 18.9 Å². The topological polar surface area (TPSA) is 110 Å². The fourth-order valence-corrected chi connectivity index (χ4v) is 3.63. The largest absolute Gasteiger partial charge is 0.376 e. The summed E-state index contributed by atoms with van der Waals surface area (Å²) < 4.78 is 7.08. The SMILES string of the molecule is O=C(CNc1ccccc1C(=O)NC[C@H]1CCCO1)Nc1cc(Cl)ccc1-n1cncn1. The van der Waals surface area contributed by atoms with Crippen molar-refractivity contribution in [2.24, 2.45) is 0 Å². The molecule has 1 aromatic heterocycles. The average molecular weight is 455 g/mol. The highest BCUT2D eigenvalue weighted by Crippen LogP contribution is 2.24. The van der Waals surface area contributed by atoms with Crippen molar-refractivity contribution in [1.29, 1.82) is 0 Å². The fraction of sp³-hybridized carbons (Fsp3) is 0.273. The van der Waals surface area contributed by atoms with Gasteiger partial charge in [0.15, 0.2) is 0 Å². The minimum atomic E-state index is -0.303. The number of anilines is 2. The van der Waals surface area contributed by atoms with Crippen LogP contribution in [0.15, 0.2) is 55.1 Å². The zero-order chi connectivity index (χ0) is 22.3. The minimum absolute atomic E-state index is 0.0423. The number of para-hydroxylation sites is 1. The zero-order valence-corrected chi connectivity index (χ0v) is 18.0. The van der Waals surface area contributed by atoms with Crippen molar-refractivity contribution in [3.05, 3.63) is 65.7 Å². The lowest BCUT2D eigenvalue weighted by Crippen LogP contribution is -2.32. The molecule has 2 aromatic carbocycles. The molecule has 2 amide bonds. The van der Waals surface area contributed by atoms with E-state index >= 15 is 0 Å². The van der Waals surface area contributed by atoms with Crippen LogP contribution in [0.3, 0.4) is 0 Å². The second-order valence-electron chi connectivity index (χ2n) is 7.29. The third kappa shape index (κ3) is 5.43. The Labute approximate surface area is 190 Å². The molecule has 32 heavy (non-hydrogen) atoms. The number of halogens is 1. The monoisotopic (exact) mass is 454 g/mol. The summed E-state index contributed by atoms with van der Waals surface area (Å²) in [5.41, 5.74) is 2.16. The molecule has 0 bridgehead atoms. The van der Waals surface area contributed by atoms with Crippen molar-refractivity contribution in [2.75, 3.05) is 30.3 Å². The van der Waals surface area contributed by atoms with E-state index in [0.717, 1.165) is 19.4 Å². The first-order valence-corrected chi connectivity index (χ1v) is 10.6. The van der Waals surface area contributed by atoms with Crippen LogP contribution in [0.1, 0.15) is 23.2 Å². The summed E-state index contributed by atoms with van der Waals surface area (Å²) >= 11 is 6.10. The predicted octanol–water partition coefficient (Wildman–Crippen LogP) is 2.88. The number of aromatic nitrogens is 3. The highest BCUT2D eigenvalue weighted by molar-refractivity contribution is 6.31. The number of ether oxygens (including phenoxy) is 1. The van der Waals surface area contributed by atoms with Gasteiger partial charge in [0, 0.05) is 23.9 Å². The first kappa shape index (κ1) is 21.8. The highest BCUT2D eigenvalue weighted by atomic mass is 35.5. The highest BCUT2D eigenvalue weighted by Gasteiger charge is 2.18. The number of rotatable bonds is 8. The Kier molecular flexibility index (Phi) is 6.98. The van der Waals surface area contributed by atoms with E-state index in [1.54, 1.807) is 42.5 Å². The Bertz CT molecular complexity index is 1080. The first-order chi connectivity index (χ1) is 15.6. The zero-order valence-electron chi connectivity index (χ0n) is 17.3. The molecule has 3 N–H and O–H groups in total. The molecule has 166 valence electrons. The molecule has 1 fully saturated rings. The molecule has 0 saturated carbocycles. The summed E-state index contributed by atoms with van der Waals surface area (Å²) in [7, 11) is 0. The van der Waals surface area contributed by atoms with Gasteiger partial charge in [-0.05, 0) is 43.2 Å². The van der Waals surface area contributed by atoms with E-state index in [0.29, 0.717) is 34.2 Å². The molecular formula is C22H23ClN6O3. The number of amides is 2. The Morgan fingerprint density at radius 3 is 2.84 bits per heavy atom. The van der Waals surface area contributed by atoms with E-state index < -0.39 is 0 Å². The van der Waals surface area contributed by atoms with Gasteiger partial charge in [-0.15, -0.1) is 0 Å². The minimum Gasteiger partial charge on any atom is -0.376 e. The van der Waals surface area contributed by atoms with E-state index in [-0.39, 0.29) is 24.5 Å². The number of carbonyl (C=O) groups is 2. The van der Waals surface area contributed by atoms with Crippen molar-refractivity contribution < 1.29 is 14.3 Å². The molecule has 4 rings (SSSR count). The van der Waals surface area contributed by atoms with Gasteiger partial charge in [0.05, 0.1) is 29.6 Å². The molecule has 1 saturated heterocycles. The molecular weight excluding hydrogens is 432 g/mol. The average Bonchev–Trinajstić information content (AvgIpc) is 3.51. The number of nitrogens with zero attached hydrogens (tertiary/aromatic N) is 3. The predicted molar refractivity (Wildman–Crippen MR) is 121 cm³/mol. The van der Waals surface area contributed by atoms with Gasteiger partial charge in [-0.1, -0.05) is 23.7 Å². The third-order valence-corrected chi connectivity index (χ3v) is 5.26. The summed E-state index contributed by atoms with van der Waals surface area (Å²) in [5.74, 6) is -0.518. The number of hydrogen-bond acceptors (Lipinski definition) is 6. The van der Waals surface area contributed by atoms with Crippen LogP contribution in [0.2, 0.25) is 5.02 Å². The summed E-state index contributed by atoms with van der Waals surface area (Å²) in [6.07, 6.45) is 4.95. The Balaban J connectivity index is 1.39. The van der Waals surface area contributed by atoms with Gasteiger partial charge in [-0.2, -0.15) is 5.10 Å². The smallest absolute Gasteiger partial charge is 0.253 e. The molecule has 2 heterocycles. The summed E-state index contributed by atoms with van der Waals surface area (Å²) in [6, 6.07) is 12.1. The van der Waals surface area contributed by atoms with Crippen molar-refractivity contribution in [3.63, 3.8) is 0 Å². The van der Waals surface area contributed by atoms with Crippen molar-refractivity contribution >= 4 is 34.8 Å². The molecule has 10 heteroatoms. The van der Waals surface area contributed by atoms with Gasteiger partial charge < -0.3 is 20.7 Å². The molecule has 0 radical (unpaired) electrons. The van der Waals surface area contributed by atoms with Crippen LogP contribution >= 0.6 is 11.6 Å². The number of nitrogens with one attached hydrogen (secondary N) is 3. The van der Waals surface area contributed by atoms with Gasteiger partial charge in [-0.3, -0.25) is 9.59 Å². The fourth-order valence-electron chi connectivity index (χ4n) is 3.45. The van der Waals surface area contributed by atoms with Crippen LogP contribution in [0, 0.1) is 0 Å². The lowest BCUT2D eigenvalue weighted by Gasteiger charge is -2.15. The second kappa shape index (κ2) is 10.3. The van der Waals surface area contributed by atoms with E-state index in [4.69, 9.17) is 16.3 Å². The van der Waals surface area contributed by atoms with Crippen LogP contribution in [0.25, 0.3) is 5.69 Å². The third-order valence-electron chi connectivity index (χ3n) is 5.02. The number of benzene rings is 2. The second-order valence-corrected chi connectivity index (χ2v) is 7.73. The van der Waals surface area contributed by atoms with E-state index in [1.165, 1.54) is 17.3 Å². The molecule has 3 aromatic rings. The molecule has 0 unspecified atom stereocenters. The lowest BCUT2D eigenvalue weighted by molar-refractivity contribution is -0.114. The van der Waals surface area contributed by atoms with Gasteiger partial charge >= 0.3 is 0 Å². The van der Waals surface area contributed by atoms with Gasteiger partial charge in [0.25, 0.3) is 5.91 Å². The maximum atomic E-state index is 12.6. The number of hydrogen-bond donors (Lipinski definition) is 3. The molecule has 1 aliphatic heterocycles. The molecule has 1 aliphatic rings. The van der Waals surface area contributed by atoms with Crippen LogP contribution < -0.4 is 16.0 Å². The summed E-state index contributed by atoms with van der Waals surface area (Å²) in [6.45, 7) is 1.16. The number of carbonyl (C=O) groups excluding carboxylic acids is 2. The summed E-state index contributed by atoms with van der Waals surface area (Å²) in [5, 5.41) is 13.3. The lowest BCUT2D eigenvalue weighted by atomic mass is 10.1. The van der Waals surface area contributed by atoms with E-state index in [2.05, 4.69) is 26.0 Å². The van der Waals surface area contributed by atoms with Gasteiger partial charge in [-0.25, -0.2) is 9.67 Å². The van der Waals surface area contributed by atoms with Crippen LogP contribution in [0.5, 0.6) is 0 Å². The Morgan fingerprint density at radius 2 is 2.06 bits per heavy atom. The van der Waals surface area contributed by atoms with Crippen LogP contribution in [-0.4, -0.2) is 52.4 Å². The first-order valence-electron chi connectivity index (χ1n) is 10.3. The van der Waals surface area contributed by atoms with Gasteiger partial charge in [0.2, 0.25) is 5.91 Å². The molecule has 0 aliphatic carbocycles. The standard InChI is InChI=1S/C22H23ClN6O3/c23-15-7-8-20(29-14-24-13-27-29)19(10-15)28-21(30)12-25-18-6-2-1-5-17(18)22(31)26-11-16-4-3-9-32-16/h1-2,5-8,10,13-14,16,25H,3-4,9,11-12H2,(H,26,31)(H,28,30)/t16-/m1/s1. The van der Waals surface area contributed by atoms with Crippen LogP contribution in [0.4, 0.5) is 11.4 Å². The summed E-state index contributed by atoms with van der Waals surface area (Å²) in [4.78, 5) is 29.2. The normalized spacial score (nSPS) is 15.3. The molecule has 9 nitrogen and oxygen atoms in total. The van der Waals surface area contributed by atoms with E-state index in [9.17, 15) is 9.59 Å². The van der Waals surface area contributed by atoms with Crippen molar-refractivity contribution in [3.8, 4) is 5.69 Å². The molecule has 0 spiro atoms. The van der Waals surface area contributed by atoms with E-state index in [1.807, 2.05) is 0 Å². The quantitative estimate of drug-likeness (QED) is 0.482. The maximum absolute atomic E-state index is 12.6. The van der Waals surface area contributed by atoms with Crippen LogP contribution in [-0.2, 0) is 9.53 Å².